The number of carbonyl (C=O) groups is 1. The Kier molecular flexibility index (Phi) is 5.87. The van der Waals surface area contributed by atoms with E-state index in [9.17, 15) is 9.18 Å². The first-order valence-corrected chi connectivity index (χ1v) is 7.88. The number of ether oxygens (including phenoxy) is 1. The van der Waals surface area contributed by atoms with Crippen LogP contribution in [0.1, 0.15) is 17.6 Å². The second kappa shape index (κ2) is 8.08. The summed E-state index contributed by atoms with van der Waals surface area (Å²) in [6.45, 7) is 3.31. The Bertz CT molecular complexity index is 797. The summed E-state index contributed by atoms with van der Waals surface area (Å²) in [7, 11) is 0. The molecular weight excluding hydrogens is 331 g/mol. The lowest BCUT2D eigenvalue weighted by Gasteiger charge is -2.14. The Morgan fingerprint density at radius 1 is 1.50 bits per heavy atom. The van der Waals surface area contributed by atoms with Crippen LogP contribution in [0.5, 0.6) is 5.75 Å². The molecule has 0 spiro atoms. The van der Waals surface area contributed by atoms with E-state index in [0.717, 1.165) is 5.69 Å². The van der Waals surface area contributed by atoms with Crippen molar-refractivity contribution < 1.29 is 13.9 Å². The van der Waals surface area contributed by atoms with Crippen molar-refractivity contribution in [2.24, 2.45) is 0 Å². The van der Waals surface area contributed by atoms with Crippen molar-refractivity contribution in [3.8, 4) is 11.8 Å². The molecular formula is C16H15FN4O2S. The number of para-hydroxylation sites is 1. The number of benzene rings is 1. The van der Waals surface area contributed by atoms with E-state index >= 15 is 0 Å². The van der Waals surface area contributed by atoms with Crippen molar-refractivity contribution in [1.82, 2.24) is 15.8 Å². The number of hydrogen-bond acceptors (Lipinski definition) is 6. The predicted octanol–water partition coefficient (Wildman–Crippen LogP) is 2.54. The molecule has 0 saturated carbocycles. The van der Waals surface area contributed by atoms with E-state index < -0.39 is 17.8 Å². The molecule has 1 atom stereocenters. The Hall–Kier alpha value is -2.92. The number of allylic oxidation sites excluding steroid dienone is 1. The van der Waals surface area contributed by atoms with Crippen LogP contribution >= 0.6 is 11.3 Å². The SMILES string of the molecule is Cc1csc(/C(C#N)=C/NNC(=O)[C@@H](C)Oc2ccccc2F)n1. The first-order valence-electron chi connectivity index (χ1n) is 7.00. The first kappa shape index (κ1) is 17.4. The van der Waals surface area contributed by atoms with Crippen LogP contribution in [-0.4, -0.2) is 17.0 Å². The van der Waals surface area contributed by atoms with Crippen LogP contribution < -0.4 is 15.6 Å². The second-order valence-electron chi connectivity index (χ2n) is 4.79. The molecule has 2 aromatic rings. The number of nitrogens with zero attached hydrogens (tertiary/aromatic N) is 2. The summed E-state index contributed by atoms with van der Waals surface area (Å²) in [5.74, 6) is -1.07. The van der Waals surface area contributed by atoms with Gasteiger partial charge in [0.1, 0.15) is 16.6 Å². The number of rotatable bonds is 6. The van der Waals surface area contributed by atoms with Crippen molar-refractivity contribution >= 4 is 22.8 Å². The van der Waals surface area contributed by atoms with Gasteiger partial charge >= 0.3 is 0 Å². The molecule has 24 heavy (non-hydrogen) atoms. The lowest BCUT2D eigenvalue weighted by Crippen LogP contribution is -2.42. The highest BCUT2D eigenvalue weighted by Gasteiger charge is 2.16. The maximum Gasteiger partial charge on any atom is 0.279 e. The van der Waals surface area contributed by atoms with Crippen LogP contribution in [-0.2, 0) is 4.79 Å². The average Bonchev–Trinajstić information content (AvgIpc) is 2.99. The third kappa shape index (κ3) is 4.54. The van der Waals surface area contributed by atoms with Crippen molar-refractivity contribution in [2.45, 2.75) is 20.0 Å². The number of thiazole rings is 1. The van der Waals surface area contributed by atoms with Crippen molar-refractivity contribution in [1.29, 1.82) is 5.26 Å². The van der Waals surface area contributed by atoms with Crippen LogP contribution in [0.3, 0.4) is 0 Å². The number of hydrazine groups is 1. The van der Waals surface area contributed by atoms with E-state index in [1.54, 1.807) is 6.07 Å². The number of aromatic nitrogens is 1. The highest BCUT2D eigenvalue weighted by Crippen LogP contribution is 2.18. The molecule has 1 aromatic carbocycles. The second-order valence-corrected chi connectivity index (χ2v) is 5.65. The van der Waals surface area contributed by atoms with E-state index in [1.165, 1.54) is 42.7 Å². The van der Waals surface area contributed by atoms with Gasteiger partial charge in [0, 0.05) is 17.3 Å². The van der Waals surface area contributed by atoms with Gasteiger partial charge in [-0.3, -0.25) is 10.2 Å². The van der Waals surface area contributed by atoms with Gasteiger partial charge in [0.2, 0.25) is 0 Å². The monoisotopic (exact) mass is 346 g/mol. The van der Waals surface area contributed by atoms with Crippen molar-refractivity contribution in [3.05, 3.63) is 52.4 Å². The van der Waals surface area contributed by atoms with Gasteiger partial charge in [-0.15, -0.1) is 11.3 Å². The maximum absolute atomic E-state index is 13.5. The van der Waals surface area contributed by atoms with Crippen molar-refractivity contribution in [3.63, 3.8) is 0 Å². The van der Waals surface area contributed by atoms with E-state index in [4.69, 9.17) is 10.00 Å². The van der Waals surface area contributed by atoms with E-state index in [2.05, 4.69) is 15.8 Å². The summed E-state index contributed by atoms with van der Waals surface area (Å²) in [6, 6.07) is 7.82. The summed E-state index contributed by atoms with van der Waals surface area (Å²) >= 11 is 1.33. The fourth-order valence-electron chi connectivity index (χ4n) is 1.68. The minimum atomic E-state index is -0.921. The zero-order valence-electron chi connectivity index (χ0n) is 13.0. The molecule has 0 radical (unpaired) electrons. The molecule has 0 aliphatic heterocycles. The minimum Gasteiger partial charge on any atom is -0.478 e. The lowest BCUT2D eigenvalue weighted by atomic mass is 10.3. The lowest BCUT2D eigenvalue weighted by molar-refractivity contribution is -0.128. The van der Waals surface area contributed by atoms with Gasteiger partial charge < -0.3 is 10.2 Å². The average molecular weight is 346 g/mol. The number of nitrogens with one attached hydrogen (secondary N) is 2. The third-order valence-electron chi connectivity index (χ3n) is 2.89. The number of hydrogen-bond donors (Lipinski definition) is 2. The minimum absolute atomic E-state index is 0.00772. The van der Waals surface area contributed by atoms with E-state index in [-0.39, 0.29) is 11.3 Å². The Morgan fingerprint density at radius 3 is 2.88 bits per heavy atom. The van der Waals surface area contributed by atoms with Gasteiger partial charge in [-0.25, -0.2) is 9.37 Å². The molecule has 1 heterocycles. The molecule has 124 valence electrons. The number of amides is 1. The molecule has 1 aromatic heterocycles. The third-order valence-corrected chi connectivity index (χ3v) is 3.88. The van der Waals surface area contributed by atoms with Gasteiger partial charge in [0.15, 0.2) is 17.7 Å². The predicted molar refractivity (Wildman–Crippen MR) is 88.2 cm³/mol. The maximum atomic E-state index is 13.5. The summed E-state index contributed by atoms with van der Waals surface area (Å²) in [6.07, 6.45) is 0.418. The zero-order chi connectivity index (χ0) is 17.5. The summed E-state index contributed by atoms with van der Waals surface area (Å²) in [5, 5.41) is 11.5. The van der Waals surface area contributed by atoms with Gasteiger partial charge in [0.25, 0.3) is 5.91 Å². The molecule has 0 unspecified atom stereocenters. The molecule has 0 saturated heterocycles. The number of halogens is 1. The molecule has 0 aliphatic rings. The smallest absolute Gasteiger partial charge is 0.279 e. The molecule has 2 rings (SSSR count). The van der Waals surface area contributed by atoms with E-state index in [1.807, 2.05) is 18.4 Å². The largest absolute Gasteiger partial charge is 0.478 e. The van der Waals surface area contributed by atoms with Crippen LogP contribution in [0.2, 0.25) is 0 Å². The molecule has 0 aliphatic carbocycles. The fraction of sp³-hybridized carbons (Fsp3) is 0.188. The topological polar surface area (TPSA) is 87.0 Å². The Balaban J connectivity index is 1.91. The van der Waals surface area contributed by atoms with Gasteiger partial charge in [-0.2, -0.15) is 5.26 Å². The van der Waals surface area contributed by atoms with Crippen LogP contribution in [0, 0.1) is 24.1 Å². The standard InChI is InChI=1S/C16H15FN4O2S/c1-10-9-24-16(20-10)12(7-18)8-19-21-15(22)11(2)23-14-6-4-3-5-13(14)17/h3-6,8-9,11,19H,1-2H3,(H,21,22)/b12-8+/t11-/m1/s1. The van der Waals surface area contributed by atoms with Gasteiger partial charge in [-0.1, -0.05) is 12.1 Å². The molecule has 1 amide bonds. The Labute approximate surface area is 142 Å². The quantitative estimate of drug-likeness (QED) is 0.620. The fourth-order valence-corrected chi connectivity index (χ4v) is 2.45. The molecule has 8 heteroatoms. The number of nitriles is 1. The van der Waals surface area contributed by atoms with Gasteiger partial charge in [-0.05, 0) is 26.0 Å². The van der Waals surface area contributed by atoms with Gasteiger partial charge in [0.05, 0.1) is 0 Å². The Morgan fingerprint density at radius 2 is 2.25 bits per heavy atom. The zero-order valence-corrected chi connectivity index (χ0v) is 13.9. The first-order chi connectivity index (χ1) is 11.5. The van der Waals surface area contributed by atoms with Crippen LogP contribution in [0.15, 0.2) is 35.8 Å². The highest BCUT2D eigenvalue weighted by molar-refractivity contribution is 7.10. The molecule has 2 N–H and O–H groups in total. The summed E-state index contributed by atoms with van der Waals surface area (Å²) in [5.41, 5.74) is 6.01. The number of carbonyl (C=O) groups excluding carboxylic acids is 1. The van der Waals surface area contributed by atoms with Crippen LogP contribution in [0.25, 0.3) is 5.57 Å². The summed E-state index contributed by atoms with van der Waals surface area (Å²) < 4.78 is 18.7. The van der Waals surface area contributed by atoms with Crippen molar-refractivity contribution in [2.75, 3.05) is 0 Å². The summed E-state index contributed by atoms with van der Waals surface area (Å²) in [4.78, 5) is 16.1. The normalized spacial score (nSPS) is 12.2. The number of aryl methyl sites for hydroxylation is 1. The highest BCUT2D eigenvalue weighted by atomic mass is 32.1. The van der Waals surface area contributed by atoms with E-state index in [0.29, 0.717) is 5.01 Å². The molecule has 0 fully saturated rings. The van der Waals surface area contributed by atoms with Crippen LogP contribution in [0.4, 0.5) is 4.39 Å². The molecule has 6 nitrogen and oxygen atoms in total. The molecule has 0 bridgehead atoms.